The second-order valence-corrected chi connectivity index (χ2v) is 8.75. The lowest BCUT2D eigenvalue weighted by atomic mass is 10.1. The van der Waals surface area contributed by atoms with Gasteiger partial charge in [0.05, 0.1) is 5.69 Å². The van der Waals surface area contributed by atoms with Gasteiger partial charge in [-0.25, -0.2) is 4.98 Å². The molecule has 2 aliphatic rings. The normalized spacial score (nSPS) is 19.0. The van der Waals surface area contributed by atoms with Crippen LogP contribution in [-0.2, 0) is 6.42 Å². The second kappa shape index (κ2) is 8.11. The van der Waals surface area contributed by atoms with Crippen LogP contribution in [0.25, 0.3) is 10.6 Å². The summed E-state index contributed by atoms with van der Waals surface area (Å²) in [5.74, 6) is 0.160. The predicted molar refractivity (Wildman–Crippen MR) is 111 cm³/mol. The molecule has 1 aromatic heterocycles. The van der Waals surface area contributed by atoms with Gasteiger partial charge in [0.2, 0.25) is 0 Å². The lowest BCUT2D eigenvalue weighted by molar-refractivity contribution is 0.0577. The van der Waals surface area contributed by atoms with Crippen LogP contribution in [0.4, 0.5) is 0 Å². The molecule has 5 heteroatoms. The molecule has 0 spiro atoms. The van der Waals surface area contributed by atoms with E-state index in [-0.39, 0.29) is 5.91 Å². The predicted octanol–water partition coefficient (Wildman–Crippen LogP) is 4.38. The average Bonchev–Trinajstić information content (AvgIpc) is 3.38. The molecular weight excluding hydrogens is 354 g/mol. The number of nitrogens with zero attached hydrogens (tertiary/aromatic N) is 3. The van der Waals surface area contributed by atoms with Gasteiger partial charge >= 0.3 is 0 Å². The van der Waals surface area contributed by atoms with Gasteiger partial charge in [0.1, 0.15) is 9.88 Å². The molecular formula is C22H29N3OS. The summed E-state index contributed by atoms with van der Waals surface area (Å²) >= 11 is 1.54. The standard InChI is InChI=1S/C22H29N3OS/c1-3-17-8-10-18(11-9-17)21-23-16(2)20(27-21)22(26)25-14-12-24(13-15-25)19-6-4-5-7-19/h8-11,19H,3-7,12-15H2,1-2H3. The molecule has 2 aromatic rings. The first kappa shape index (κ1) is 18.6. The van der Waals surface area contributed by atoms with Crippen molar-refractivity contribution in [3.63, 3.8) is 0 Å². The molecule has 27 heavy (non-hydrogen) atoms. The number of benzene rings is 1. The average molecular weight is 384 g/mol. The number of rotatable bonds is 4. The van der Waals surface area contributed by atoms with E-state index in [0.29, 0.717) is 0 Å². The van der Waals surface area contributed by atoms with Crippen LogP contribution in [-0.4, -0.2) is 52.9 Å². The third-order valence-electron chi connectivity index (χ3n) is 6.04. The summed E-state index contributed by atoms with van der Waals surface area (Å²) in [7, 11) is 0. The van der Waals surface area contributed by atoms with Gasteiger partial charge in [0.15, 0.2) is 0 Å². The minimum absolute atomic E-state index is 0.160. The molecule has 4 rings (SSSR count). The number of carbonyl (C=O) groups excluding carboxylic acids is 1. The van der Waals surface area contributed by atoms with Crippen LogP contribution in [0.15, 0.2) is 24.3 Å². The van der Waals surface area contributed by atoms with E-state index in [2.05, 4.69) is 36.1 Å². The molecule has 1 aliphatic heterocycles. The Morgan fingerprint density at radius 2 is 1.78 bits per heavy atom. The highest BCUT2D eigenvalue weighted by Gasteiger charge is 2.29. The van der Waals surface area contributed by atoms with Crippen LogP contribution in [0.5, 0.6) is 0 Å². The van der Waals surface area contributed by atoms with E-state index in [9.17, 15) is 4.79 Å². The third kappa shape index (κ3) is 3.94. The Bertz CT molecular complexity index is 784. The van der Waals surface area contributed by atoms with Gasteiger partial charge in [-0.05, 0) is 31.7 Å². The molecule has 0 bridgehead atoms. The van der Waals surface area contributed by atoms with E-state index in [0.717, 1.165) is 59.8 Å². The van der Waals surface area contributed by atoms with Crippen LogP contribution in [0.3, 0.4) is 0 Å². The number of thiazole rings is 1. The van der Waals surface area contributed by atoms with Crippen LogP contribution >= 0.6 is 11.3 Å². The third-order valence-corrected chi connectivity index (χ3v) is 7.24. The lowest BCUT2D eigenvalue weighted by Gasteiger charge is -2.37. The van der Waals surface area contributed by atoms with Crippen molar-refractivity contribution in [3.8, 4) is 10.6 Å². The lowest BCUT2D eigenvalue weighted by Crippen LogP contribution is -2.51. The first-order valence-corrected chi connectivity index (χ1v) is 11.1. The molecule has 1 saturated heterocycles. The Morgan fingerprint density at radius 3 is 2.41 bits per heavy atom. The zero-order valence-electron chi connectivity index (χ0n) is 16.4. The number of aromatic nitrogens is 1. The minimum Gasteiger partial charge on any atom is -0.335 e. The number of aryl methyl sites for hydroxylation is 2. The highest BCUT2D eigenvalue weighted by Crippen LogP contribution is 2.30. The second-order valence-electron chi connectivity index (χ2n) is 7.75. The quantitative estimate of drug-likeness (QED) is 0.786. The summed E-state index contributed by atoms with van der Waals surface area (Å²) < 4.78 is 0. The summed E-state index contributed by atoms with van der Waals surface area (Å²) in [6.07, 6.45) is 6.44. The van der Waals surface area contributed by atoms with Crippen molar-refractivity contribution in [1.82, 2.24) is 14.8 Å². The van der Waals surface area contributed by atoms with Gasteiger partial charge in [-0.15, -0.1) is 11.3 Å². The van der Waals surface area contributed by atoms with Crippen molar-refractivity contribution in [2.75, 3.05) is 26.2 Å². The molecule has 4 nitrogen and oxygen atoms in total. The molecule has 0 N–H and O–H groups in total. The fourth-order valence-corrected chi connectivity index (χ4v) is 5.34. The monoisotopic (exact) mass is 383 g/mol. The van der Waals surface area contributed by atoms with E-state index in [1.807, 2.05) is 11.8 Å². The molecule has 0 unspecified atom stereocenters. The summed E-state index contributed by atoms with van der Waals surface area (Å²) in [5.41, 5.74) is 3.28. The van der Waals surface area contributed by atoms with Crippen LogP contribution in [0.2, 0.25) is 0 Å². The smallest absolute Gasteiger partial charge is 0.265 e. The van der Waals surface area contributed by atoms with Crippen molar-refractivity contribution in [3.05, 3.63) is 40.4 Å². The maximum Gasteiger partial charge on any atom is 0.265 e. The molecule has 2 fully saturated rings. The van der Waals surface area contributed by atoms with Gasteiger partial charge in [-0.2, -0.15) is 0 Å². The van der Waals surface area contributed by atoms with Gasteiger partial charge < -0.3 is 4.90 Å². The Morgan fingerprint density at radius 1 is 1.11 bits per heavy atom. The number of hydrogen-bond acceptors (Lipinski definition) is 4. The van der Waals surface area contributed by atoms with Crippen molar-refractivity contribution < 1.29 is 4.79 Å². The molecule has 1 aromatic carbocycles. The molecule has 2 heterocycles. The Labute approximate surface area is 166 Å². The van der Waals surface area contributed by atoms with E-state index in [1.54, 1.807) is 0 Å². The number of piperazine rings is 1. The van der Waals surface area contributed by atoms with E-state index in [1.165, 1.54) is 42.6 Å². The van der Waals surface area contributed by atoms with Crippen LogP contribution in [0, 0.1) is 6.92 Å². The summed E-state index contributed by atoms with van der Waals surface area (Å²) in [5, 5.41) is 0.947. The fraction of sp³-hybridized carbons (Fsp3) is 0.545. The Kier molecular flexibility index (Phi) is 5.60. The molecule has 0 radical (unpaired) electrons. The van der Waals surface area contributed by atoms with Crippen molar-refractivity contribution in [1.29, 1.82) is 0 Å². The molecule has 1 amide bonds. The number of carbonyl (C=O) groups is 1. The van der Waals surface area contributed by atoms with Gasteiger partial charge in [-0.3, -0.25) is 9.69 Å². The maximum atomic E-state index is 13.1. The van der Waals surface area contributed by atoms with Gasteiger partial charge in [-0.1, -0.05) is 44.0 Å². The first-order valence-electron chi connectivity index (χ1n) is 10.3. The number of amides is 1. The maximum absolute atomic E-state index is 13.1. The van der Waals surface area contributed by atoms with E-state index < -0.39 is 0 Å². The fourth-order valence-electron chi connectivity index (χ4n) is 4.30. The van der Waals surface area contributed by atoms with Gasteiger partial charge in [0.25, 0.3) is 5.91 Å². The molecule has 0 atom stereocenters. The Hall–Kier alpha value is -1.72. The van der Waals surface area contributed by atoms with Crippen molar-refractivity contribution in [2.45, 2.75) is 52.0 Å². The van der Waals surface area contributed by atoms with Crippen molar-refractivity contribution >= 4 is 17.2 Å². The highest BCUT2D eigenvalue weighted by atomic mass is 32.1. The summed E-state index contributed by atoms with van der Waals surface area (Å²) in [6.45, 7) is 7.83. The highest BCUT2D eigenvalue weighted by molar-refractivity contribution is 7.17. The van der Waals surface area contributed by atoms with Gasteiger partial charge in [0, 0.05) is 37.8 Å². The number of hydrogen-bond donors (Lipinski definition) is 0. The molecule has 1 aliphatic carbocycles. The van der Waals surface area contributed by atoms with E-state index in [4.69, 9.17) is 4.98 Å². The van der Waals surface area contributed by atoms with Crippen LogP contribution < -0.4 is 0 Å². The zero-order valence-corrected chi connectivity index (χ0v) is 17.2. The Balaban J connectivity index is 1.43. The van der Waals surface area contributed by atoms with Crippen LogP contribution in [0.1, 0.15) is 53.5 Å². The molecule has 144 valence electrons. The summed E-state index contributed by atoms with van der Waals surface area (Å²) in [6, 6.07) is 9.29. The SMILES string of the molecule is CCc1ccc(-c2nc(C)c(C(=O)N3CCN(C4CCCC4)CC3)s2)cc1. The zero-order chi connectivity index (χ0) is 18.8. The topological polar surface area (TPSA) is 36.4 Å². The first-order chi connectivity index (χ1) is 13.2. The molecule has 1 saturated carbocycles. The van der Waals surface area contributed by atoms with Crippen molar-refractivity contribution in [2.24, 2.45) is 0 Å². The largest absolute Gasteiger partial charge is 0.335 e. The minimum atomic E-state index is 0.160. The summed E-state index contributed by atoms with van der Waals surface area (Å²) in [4.78, 5) is 23.2. The van der Waals surface area contributed by atoms with E-state index >= 15 is 0 Å².